The molecule has 0 saturated heterocycles. The molecule has 0 radical (unpaired) electrons. The molecule has 3 aromatic carbocycles. The average molecular weight is 477 g/mol. The van der Waals surface area contributed by atoms with E-state index in [4.69, 9.17) is 16.3 Å². The lowest BCUT2D eigenvalue weighted by molar-refractivity contribution is 0.0947. The number of carbonyl (C=O) groups excluding carboxylic acids is 1. The summed E-state index contributed by atoms with van der Waals surface area (Å²) in [6, 6.07) is 14.7. The summed E-state index contributed by atoms with van der Waals surface area (Å²) in [4.78, 5) is 12.3. The van der Waals surface area contributed by atoms with Crippen molar-refractivity contribution in [3.05, 3.63) is 88.2 Å². The minimum atomic E-state index is -4.01. The highest BCUT2D eigenvalue weighted by atomic mass is 35.5. The molecule has 9 heteroatoms. The van der Waals surface area contributed by atoms with Gasteiger partial charge in [-0.05, 0) is 79.6 Å². The van der Waals surface area contributed by atoms with Gasteiger partial charge in [0.25, 0.3) is 15.9 Å². The maximum Gasteiger partial charge on any atom is 0.263 e. The van der Waals surface area contributed by atoms with E-state index in [-0.39, 0.29) is 34.5 Å². The molecule has 0 aromatic heterocycles. The van der Waals surface area contributed by atoms with Crippen molar-refractivity contribution in [2.45, 2.75) is 18.7 Å². The Morgan fingerprint density at radius 2 is 1.72 bits per heavy atom. The summed E-state index contributed by atoms with van der Waals surface area (Å²) in [5, 5.41) is 2.64. The van der Waals surface area contributed by atoms with Crippen LogP contribution in [-0.2, 0) is 10.0 Å². The Morgan fingerprint density at radius 3 is 2.41 bits per heavy atom. The Morgan fingerprint density at radius 1 is 1.00 bits per heavy atom. The number of benzene rings is 3. The van der Waals surface area contributed by atoms with E-state index < -0.39 is 15.9 Å². The number of halogens is 2. The fourth-order valence-electron chi connectivity index (χ4n) is 2.83. The van der Waals surface area contributed by atoms with Crippen molar-refractivity contribution < 1.29 is 22.3 Å². The number of rotatable bonds is 8. The zero-order valence-electron chi connectivity index (χ0n) is 17.5. The number of carbonyl (C=O) groups is 1. The minimum Gasteiger partial charge on any atom is -0.492 e. The van der Waals surface area contributed by atoms with Crippen molar-refractivity contribution in [3.63, 3.8) is 0 Å². The SMILES string of the molecule is Cc1ccc(NS(=O)(=O)c2cc(C(=O)NCCOc3ccc(F)cc3)ccc2Cl)cc1C. The predicted octanol–water partition coefficient (Wildman–Crippen LogP) is 4.71. The summed E-state index contributed by atoms with van der Waals surface area (Å²) in [7, 11) is -4.01. The van der Waals surface area contributed by atoms with Crippen LogP contribution < -0.4 is 14.8 Å². The smallest absolute Gasteiger partial charge is 0.263 e. The molecule has 0 aliphatic rings. The molecule has 0 aliphatic carbocycles. The Balaban J connectivity index is 1.66. The van der Waals surface area contributed by atoms with Crippen LogP contribution in [0, 0.1) is 19.7 Å². The molecule has 3 rings (SSSR count). The van der Waals surface area contributed by atoms with Crippen molar-refractivity contribution in [3.8, 4) is 5.75 Å². The lowest BCUT2D eigenvalue weighted by atomic mass is 10.1. The number of aryl methyl sites for hydroxylation is 2. The number of hydrogen-bond donors (Lipinski definition) is 2. The second kappa shape index (κ2) is 10.0. The summed E-state index contributed by atoms with van der Waals surface area (Å²) >= 11 is 6.12. The molecule has 0 bridgehead atoms. The molecule has 2 N–H and O–H groups in total. The third kappa shape index (κ3) is 5.99. The first-order valence-electron chi connectivity index (χ1n) is 9.72. The maximum atomic E-state index is 12.9. The Labute approximate surface area is 191 Å². The zero-order chi connectivity index (χ0) is 23.3. The lowest BCUT2D eigenvalue weighted by Gasteiger charge is -2.12. The average Bonchev–Trinajstić information content (AvgIpc) is 2.75. The summed E-state index contributed by atoms with van der Waals surface area (Å²) in [5.41, 5.74) is 2.51. The van der Waals surface area contributed by atoms with Crippen LogP contribution in [0.25, 0.3) is 0 Å². The molecule has 0 fully saturated rings. The van der Waals surface area contributed by atoms with Crippen LogP contribution in [0.4, 0.5) is 10.1 Å². The molecule has 0 atom stereocenters. The van der Waals surface area contributed by atoms with E-state index in [0.29, 0.717) is 11.4 Å². The highest BCUT2D eigenvalue weighted by molar-refractivity contribution is 7.92. The van der Waals surface area contributed by atoms with Crippen LogP contribution in [-0.4, -0.2) is 27.5 Å². The van der Waals surface area contributed by atoms with E-state index in [1.165, 1.54) is 42.5 Å². The Hall–Kier alpha value is -3.10. The highest BCUT2D eigenvalue weighted by Gasteiger charge is 2.20. The molecule has 0 heterocycles. The second-order valence-electron chi connectivity index (χ2n) is 7.11. The first kappa shape index (κ1) is 23.6. The van der Waals surface area contributed by atoms with E-state index >= 15 is 0 Å². The number of anilines is 1. The number of sulfonamides is 1. The van der Waals surface area contributed by atoms with Crippen molar-refractivity contribution >= 4 is 33.2 Å². The van der Waals surface area contributed by atoms with Gasteiger partial charge in [-0.2, -0.15) is 0 Å². The van der Waals surface area contributed by atoms with E-state index in [1.54, 1.807) is 12.1 Å². The first-order chi connectivity index (χ1) is 15.2. The van der Waals surface area contributed by atoms with Crippen LogP contribution in [0.5, 0.6) is 5.75 Å². The first-order valence-corrected chi connectivity index (χ1v) is 11.6. The largest absolute Gasteiger partial charge is 0.492 e. The zero-order valence-corrected chi connectivity index (χ0v) is 19.1. The van der Waals surface area contributed by atoms with E-state index in [0.717, 1.165) is 11.1 Å². The number of nitrogens with one attached hydrogen (secondary N) is 2. The van der Waals surface area contributed by atoms with Crippen molar-refractivity contribution in [2.75, 3.05) is 17.9 Å². The molecular weight excluding hydrogens is 455 g/mol. The van der Waals surface area contributed by atoms with Crippen LogP contribution in [0.2, 0.25) is 5.02 Å². The Kier molecular flexibility index (Phi) is 7.37. The molecule has 32 heavy (non-hydrogen) atoms. The van der Waals surface area contributed by atoms with Gasteiger partial charge in [-0.3, -0.25) is 9.52 Å². The third-order valence-corrected chi connectivity index (χ3v) is 6.57. The van der Waals surface area contributed by atoms with E-state index in [9.17, 15) is 17.6 Å². The lowest BCUT2D eigenvalue weighted by Crippen LogP contribution is -2.28. The number of hydrogen-bond acceptors (Lipinski definition) is 4. The van der Waals surface area contributed by atoms with E-state index in [1.807, 2.05) is 19.9 Å². The number of ether oxygens (including phenoxy) is 1. The molecular formula is C23H22ClFN2O4S. The number of amides is 1. The van der Waals surface area contributed by atoms with Crippen molar-refractivity contribution in [1.82, 2.24) is 5.32 Å². The van der Waals surface area contributed by atoms with Crippen molar-refractivity contribution in [1.29, 1.82) is 0 Å². The van der Waals surface area contributed by atoms with Gasteiger partial charge in [-0.1, -0.05) is 17.7 Å². The van der Waals surface area contributed by atoms with Gasteiger partial charge in [0.15, 0.2) is 0 Å². The predicted molar refractivity (Wildman–Crippen MR) is 122 cm³/mol. The topological polar surface area (TPSA) is 84.5 Å². The van der Waals surface area contributed by atoms with Crippen LogP contribution in [0.3, 0.4) is 0 Å². The fraction of sp³-hybridized carbons (Fsp3) is 0.174. The second-order valence-corrected chi connectivity index (χ2v) is 9.17. The summed E-state index contributed by atoms with van der Waals surface area (Å²) in [6.07, 6.45) is 0. The van der Waals surface area contributed by atoms with Gasteiger partial charge in [0, 0.05) is 11.3 Å². The van der Waals surface area contributed by atoms with Crippen LogP contribution in [0.1, 0.15) is 21.5 Å². The quantitative estimate of drug-likeness (QED) is 0.461. The fourth-order valence-corrected chi connectivity index (χ4v) is 4.41. The summed E-state index contributed by atoms with van der Waals surface area (Å²) in [6.45, 7) is 4.13. The normalized spacial score (nSPS) is 11.1. The molecule has 0 aliphatic heterocycles. The van der Waals surface area contributed by atoms with Gasteiger partial charge in [-0.25, -0.2) is 12.8 Å². The van der Waals surface area contributed by atoms with Gasteiger partial charge < -0.3 is 10.1 Å². The molecule has 0 spiro atoms. The van der Waals surface area contributed by atoms with Gasteiger partial charge in [0.05, 0.1) is 11.6 Å². The molecule has 0 unspecified atom stereocenters. The maximum absolute atomic E-state index is 12.9. The highest BCUT2D eigenvalue weighted by Crippen LogP contribution is 2.26. The molecule has 168 valence electrons. The minimum absolute atomic E-state index is 0.00229. The Bertz CT molecular complexity index is 1230. The summed E-state index contributed by atoms with van der Waals surface area (Å²) < 4.78 is 46.5. The van der Waals surface area contributed by atoms with Crippen molar-refractivity contribution in [2.24, 2.45) is 0 Å². The molecule has 3 aromatic rings. The van der Waals surface area contributed by atoms with Crippen LogP contribution >= 0.6 is 11.6 Å². The van der Waals surface area contributed by atoms with Gasteiger partial charge >= 0.3 is 0 Å². The standard InChI is InChI=1S/C23H22ClFN2O4S/c1-15-3-7-19(13-16(15)2)27-32(29,30)22-14-17(4-10-21(22)24)23(28)26-11-12-31-20-8-5-18(25)6-9-20/h3-10,13-14,27H,11-12H2,1-2H3,(H,26,28). The van der Waals surface area contributed by atoms with Gasteiger partial charge in [-0.15, -0.1) is 0 Å². The summed E-state index contributed by atoms with van der Waals surface area (Å²) in [5.74, 6) is -0.379. The molecule has 0 saturated carbocycles. The van der Waals surface area contributed by atoms with Gasteiger partial charge in [0.1, 0.15) is 23.1 Å². The van der Waals surface area contributed by atoms with E-state index in [2.05, 4.69) is 10.0 Å². The monoisotopic (exact) mass is 476 g/mol. The van der Waals surface area contributed by atoms with Crippen LogP contribution in [0.15, 0.2) is 65.6 Å². The molecule has 6 nitrogen and oxygen atoms in total. The van der Waals surface area contributed by atoms with Gasteiger partial charge in [0.2, 0.25) is 0 Å². The molecule has 1 amide bonds. The third-order valence-electron chi connectivity index (χ3n) is 4.71.